The van der Waals surface area contributed by atoms with Crippen molar-refractivity contribution in [3.05, 3.63) is 28.2 Å². The number of benzene rings is 1. The van der Waals surface area contributed by atoms with E-state index in [1.165, 1.54) is 0 Å². The summed E-state index contributed by atoms with van der Waals surface area (Å²) in [6, 6.07) is 5.17. The van der Waals surface area contributed by atoms with Crippen LogP contribution in [0.1, 0.15) is 12.0 Å². The van der Waals surface area contributed by atoms with E-state index in [0.29, 0.717) is 4.90 Å². The highest BCUT2D eigenvalue weighted by molar-refractivity contribution is 9.10. The molecule has 0 saturated heterocycles. The van der Waals surface area contributed by atoms with E-state index in [1.807, 2.05) is 0 Å². The third-order valence-electron chi connectivity index (χ3n) is 2.06. The molecule has 0 radical (unpaired) electrons. The van der Waals surface area contributed by atoms with Crippen molar-refractivity contribution < 1.29 is 13.5 Å². The second-order valence-corrected chi connectivity index (χ2v) is 6.30. The minimum atomic E-state index is -3.27. The fourth-order valence-corrected chi connectivity index (χ4v) is 3.38. The first-order valence-electron chi connectivity index (χ1n) is 4.57. The Bertz CT molecular complexity index is 440. The molecule has 0 bridgehead atoms. The maximum absolute atomic E-state index is 11.8. The van der Waals surface area contributed by atoms with Crippen LogP contribution in [0.5, 0.6) is 0 Å². The van der Waals surface area contributed by atoms with Gasteiger partial charge in [-0.1, -0.05) is 22.0 Å². The van der Waals surface area contributed by atoms with Crippen LogP contribution in [0.3, 0.4) is 0 Å². The molecule has 3 nitrogen and oxygen atoms in total. The van der Waals surface area contributed by atoms with Crippen molar-refractivity contribution in [1.29, 1.82) is 0 Å². The molecule has 0 aliphatic carbocycles. The van der Waals surface area contributed by atoms with Crippen LogP contribution in [0.4, 0.5) is 0 Å². The van der Waals surface area contributed by atoms with E-state index in [1.54, 1.807) is 25.1 Å². The van der Waals surface area contributed by atoms with E-state index >= 15 is 0 Å². The van der Waals surface area contributed by atoms with Crippen molar-refractivity contribution in [2.45, 2.75) is 18.2 Å². The lowest BCUT2D eigenvalue weighted by molar-refractivity contribution is 0.295. The summed E-state index contributed by atoms with van der Waals surface area (Å²) in [5, 5.41) is 8.63. The molecule has 0 spiro atoms. The zero-order chi connectivity index (χ0) is 11.5. The summed E-state index contributed by atoms with van der Waals surface area (Å²) in [5.41, 5.74) is 0.733. The maximum Gasteiger partial charge on any atom is 0.178 e. The Hall–Kier alpha value is -0.390. The quantitative estimate of drug-likeness (QED) is 0.922. The number of aryl methyl sites for hydroxylation is 1. The summed E-state index contributed by atoms with van der Waals surface area (Å²) in [6.07, 6.45) is 0.272. The molecule has 84 valence electrons. The molecule has 0 aromatic heterocycles. The standard InChI is InChI=1S/C10H13BrO3S/c1-8-3-4-9(11)7-10(8)15(13,14)6-2-5-12/h3-4,7,12H,2,5-6H2,1H3. The Morgan fingerprint density at radius 1 is 1.40 bits per heavy atom. The molecule has 0 atom stereocenters. The van der Waals surface area contributed by atoms with Crippen LogP contribution < -0.4 is 0 Å². The molecule has 0 fully saturated rings. The molecule has 1 aromatic rings. The van der Waals surface area contributed by atoms with Gasteiger partial charge in [0.25, 0.3) is 0 Å². The first kappa shape index (κ1) is 12.7. The van der Waals surface area contributed by atoms with Gasteiger partial charge >= 0.3 is 0 Å². The van der Waals surface area contributed by atoms with E-state index in [-0.39, 0.29) is 18.8 Å². The lowest BCUT2D eigenvalue weighted by Crippen LogP contribution is -2.09. The Morgan fingerprint density at radius 2 is 2.07 bits per heavy atom. The van der Waals surface area contributed by atoms with Crippen molar-refractivity contribution in [2.75, 3.05) is 12.4 Å². The number of aliphatic hydroxyl groups is 1. The SMILES string of the molecule is Cc1ccc(Br)cc1S(=O)(=O)CCCO. The van der Waals surface area contributed by atoms with Crippen LogP contribution in [-0.4, -0.2) is 25.9 Å². The smallest absolute Gasteiger partial charge is 0.178 e. The van der Waals surface area contributed by atoms with Gasteiger partial charge in [0.2, 0.25) is 0 Å². The third-order valence-corrected chi connectivity index (χ3v) is 4.49. The van der Waals surface area contributed by atoms with Crippen molar-refractivity contribution in [3.8, 4) is 0 Å². The molecule has 0 amide bonds. The monoisotopic (exact) mass is 292 g/mol. The summed E-state index contributed by atoms with van der Waals surface area (Å²) >= 11 is 3.24. The van der Waals surface area contributed by atoms with Crippen LogP contribution in [0.25, 0.3) is 0 Å². The van der Waals surface area contributed by atoms with E-state index in [0.717, 1.165) is 10.0 Å². The Labute approximate surface area is 98.2 Å². The van der Waals surface area contributed by atoms with Crippen LogP contribution in [0.15, 0.2) is 27.6 Å². The molecule has 0 saturated carbocycles. The normalized spacial score (nSPS) is 11.7. The van der Waals surface area contributed by atoms with Crippen molar-refractivity contribution in [3.63, 3.8) is 0 Å². The Kier molecular flexibility index (Phi) is 4.31. The van der Waals surface area contributed by atoms with Crippen LogP contribution >= 0.6 is 15.9 Å². The molecule has 1 N–H and O–H groups in total. The maximum atomic E-state index is 11.8. The lowest BCUT2D eigenvalue weighted by Gasteiger charge is -2.07. The van der Waals surface area contributed by atoms with Gasteiger partial charge in [-0.15, -0.1) is 0 Å². The minimum absolute atomic E-state index is 0.0131. The zero-order valence-corrected chi connectivity index (χ0v) is 10.8. The van der Waals surface area contributed by atoms with Crippen LogP contribution in [-0.2, 0) is 9.84 Å². The molecule has 1 rings (SSSR count). The van der Waals surface area contributed by atoms with E-state index < -0.39 is 9.84 Å². The predicted molar refractivity (Wildman–Crippen MR) is 62.6 cm³/mol. The second-order valence-electron chi connectivity index (χ2n) is 3.31. The average Bonchev–Trinajstić information content (AvgIpc) is 2.18. The molecule has 15 heavy (non-hydrogen) atoms. The van der Waals surface area contributed by atoms with Gasteiger partial charge in [0.1, 0.15) is 0 Å². The summed E-state index contributed by atoms with van der Waals surface area (Å²) in [5.74, 6) is -0.0131. The Balaban J connectivity index is 3.09. The van der Waals surface area contributed by atoms with Crippen molar-refractivity contribution in [2.24, 2.45) is 0 Å². The third kappa shape index (κ3) is 3.29. The molecule has 0 aliphatic heterocycles. The summed E-state index contributed by atoms with van der Waals surface area (Å²) < 4.78 is 24.4. The van der Waals surface area contributed by atoms with Crippen LogP contribution in [0.2, 0.25) is 0 Å². The number of hydrogen-bond acceptors (Lipinski definition) is 3. The van der Waals surface area contributed by atoms with Gasteiger partial charge in [0, 0.05) is 11.1 Å². The fraction of sp³-hybridized carbons (Fsp3) is 0.400. The van der Waals surface area contributed by atoms with E-state index in [4.69, 9.17) is 5.11 Å². The van der Waals surface area contributed by atoms with Crippen LogP contribution in [0, 0.1) is 6.92 Å². The fourth-order valence-electron chi connectivity index (χ4n) is 1.27. The molecule has 0 unspecified atom stereocenters. The first-order chi connectivity index (χ1) is 6.97. The van der Waals surface area contributed by atoms with E-state index in [2.05, 4.69) is 15.9 Å². The topological polar surface area (TPSA) is 54.4 Å². The highest BCUT2D eigenvalue weighted by atomic mass is 79.9. The molecule has 0 heterocycles. The summed E-state index contributed by atoms with van der Waals surface area (Å²) in [6.45, 7) is 1.66. The zero-order valence-electron chi connectivity index (χ0n) is 8.40. The van der Waals surface area contributed by atoms with Crippen molar-refractivity contribution in [1.82, 2.24) is 0 Å². The average molecular weight is 293 g/mol. The van der Waals surface area contributed by atoms with Gasteiger partial charge in [-0.3, -0.25) is 0 Å². The van der Waals surface area contributed by atoms with Crippen molar-refractivity contribution >= 4 is 25.8 Å². The molecule has 5 heteroatoms. The van der Waals surface area contributed by atoms with Gasteiger partial charge in [-0.25, -0.2) is 8.42 Å². The number of aliphatic hydroxyl groups excluding tert-OH is 1. The molecule has 0 aliphatic rings. The van der Waals surface area contributed by atoms with Gasteiger partial charge in [-0.05, 0) is 31.0 Å². The number of halogens is 1. The number of sulfone groups is 1. The summed E-state index contributed by atoms with van der Waals surface area (Å²) in [7, 11) is -3.27. The molecule has 1 aromatic carbocycles. The lowest BCUT2D eigenvalue weighted by atomic mass is 10.2. The van der Waals surface area contributed by atoms with E-state index in [9.17, 15) is 8.42 Å². The minimum Gasteiger partial charge on any atom is -0.396 e. The molecular formula is C10H13BrO3S. The second kappa shape index (κ2) is 5.09. The number of rotatable bonds is 4. The van der Waals surface area contributed by atoms with Gasteiger partial charge < -0.3 is 5.11 Å². The van der Waals surface area contributed by atoms with Gasteiger partial charge in [0.05, 0.1) is 10.6 Å². The largest absolute Gasteiger partial charge is 0.396 e. The summed E-state index contributed by atoms with van der Waals surface area (Å²) in [4.78, 5) is 0.338. The number of hydrogen-bond donors (Lipinski definition) is 1. The molecular weight excluding hydrogens is 280 g/mol. The highest BCUT2D eigenvalue weighted by Crippen LogP contribution is 2.21. The first-order valence-corrected chi connectivity index (χ1v) is 7.01. The van der Waals surface area contributed by atoms with Gasteiger partial charge in [-0.2, -0.15) is 0 Å². The highest BCUT2D eigenvalue weighted by Gasteiger charge is 2.16. The van der Waals surface area contributed by atoms with Gasteiger partial charge in [0.15, 0.2) is 9.84 Å². The predicted octanol–water partition coefficient (Wildman–Crippen LogP) is 1.91. The Morgan fingerprint density at radius 3 is 2.67 bits per heavy atom.